The van der Waals surface area contributed by atoms with Gasteiger partial charge < -0.3 is 25.2 Å². The Bertz CT molecular complexity index is 607. The molecule has 1 amide bonds. The SMILES string of the molecule is CC(C)(C)OC(=O)N1C2CCC1CC([C@](N)(C(=O)O)C(=O)OC(C)(C)C)C2. The molecule has 2 heterocycles. The highest BCUT2D eigenvalue weighted by Gasteiger charge is 2.57. The van der Waals surface area contributed by atoms with Gasteiger partial charge >= 0.3 is 18.0 Å². The highest BCUT2D eigenvalue weighted by molar-refractivity contribution is 6.04. The molecule has 3 atom stereocenters. The molecule has 8 heteroatoms. The van der Waals surface area contributed by atoms with Crippen molar-refractivity contribution in [2.45, 2.75) is 96.1 Å². The first-order valence-electron chi connectivity index (χ1n) is 9.42. The fraction of sp³-hybridized carbons (Fsp3) is 0.842. The zero-order valence-electron chi connectivity index (χ0n) is 17.1. The third-order valence-corrected chi connectivity index (χ3v) is 5.07. The van der Waals surface area contributed by atoms with Crippen LogP contribution in [0.2, 0.25) is 0 Å². The molecule has 2 saturated heterocycles. The fourth-order valence-corrected chi connectivity index (χ4v) is 3.95. The van der Waals surface area contributed by atoms with Gasteiger partial charge in [-0.3, -0.25) is 0 Å². The first-order chi connectivity index (χ1) is 12.1. The van der Waals surface area contributed by atoms with Crippen LogP contribution >= 0.6 is 0 Å². The van der Waals surface area contributed by atoms with Crippen molar-refractivity contribution in [3.05, 3.63) is 0 Å². The normalized spacial score (nSPS) is 27.7. The number of carboxylic acids is 1. The first kappa shape index (κ1) is 21.5. The van der Waals surface area contributed by atoms with Gasteiger partial charge in [-0.2, -0.15) is 0 Å². The summed E-state index contributed by atoms with van der Waals surface area (Å²) >= 11 is 0. The molecule has 0 aromatic carbocycles. The summed E-state index contributed by atoms with van der Waals surface area (Å²) in [7, 11) is 0. The molecule has 2 rings (SSSR count). The largest absolute Gasteiger partial charge is 0.479 e. The Kier molecular flexibility index (Phi) is 5.54. The number of esters is 1. The van der Waals surface area contributed by atoms with Gasteiger partial charge in [0.2, 0.25) is 5.54 Å². The van der Waals surface area contributed by atoms with Crippen LogP contribution in [0.15, 0.2) is 0 Å². The lowest BCUT2D eigenvalue weighted by atomic mass is 9.75. The standard InChI is InChI=1S/C19H32N2O6/c1-17(2,3)26-15(24)19(20,14(22)23)11-9-12-7-8-13(10-11)21(12)16(25)27-18(4,5)6/h11-13H,7-10,20H2,1-6H3,(H,22,23)/t11?,12?,13?,19-/m0/s1. The lowest BCUT2D eigenvalue weighted by Gasteiger charge is -2.43. The van der Waals surface area contributed by atoms with Crippen LogP contribution in [0, 0.1) is 5.92 Å². The number of carbonyl (C=O) groups excluding carboxylic acids is 2. The van der Waals surface area contributed by atoms with Crippen molar-refractivity contribution >= 4 is 18.0 Å². The van der Waals surface area contributed by atoms with Gasteiger partial charge in [0, 0.05) is 18.0 Å². The minimum atomic E-state index is -2.13. The van der Waals surface area contributed by atoms with Crippen LogP contribution in [0.3, 0.4) is 0 Å². The van der Waals surface area contributed by atoms with E-state index >= 15 is 0 Å². The number of fused-ring (bicyclic) bond motifs is 2. The van der Waals surface area contributed by atoms with Crippen LogP contribution in [0.4, 0.5) is 4.79 Å². The summed E-state index contributed by atoms with van der Waals surface area (Å²) in [5.41, 5.74) is 2.55. The molecule has 2 aliphatic rings. The van der Waals surface area contributed by atoms with E-state index in [1.54, 1.807) is 46.4 Å². The van der Waals surface area contributed by atoms with E-state index in [2.05, 4.69) is 0 Å². The second kappa shape index (κ2) is 6.96. The number of nitrogens with zero attached hydrogens (tertiary/aromatic N) is 1. The zero-order valence-corrected chi connectivity index (χ0v) is 17.1. The number of hydrogen-bond donors (Lipinski definition) is 2. The lowest BCUT2D eigenvalue weighted by molar-refractivity contribution is -0.173. The molecular formula is C19H32N2O6. The van der Waals surface area contributed by atoms with E-state index in [9.17, 15) is 19.5 Å². The van der Waals surface area contributed by atoms with Gasteiger partial charge in [-0.05, 0) is 67.2 Å². The van der Waals surface area contributed by atoms with E-state index in [4.69, 9.17) is 15.2 Å². The van der Waals surface area contributed by atoms with Crippen molar-refractivity contribution in [1.29, 1.82) is 0 Å². The van der Waals surface area contributed by atoms with Gasteiger partial charge in [-0.1, -0.05) is 0 Å². The van der Waals surface area contributed by atoms with E-state index in [0.29, 0.717) is 12.8 Å². The molecule has 0 aliphatic carbocycles. The molecule has 0 aromatic rings. The minimum Gasteiger partial charge on any atom is -0.479 e. The fourth-order valence-electron chi connectivity index (χ4n) is 3.95. The Morgan fingerprint density at radius 2 is 1.37 bits per heavy atom. The van der Waals surface area contributed by atoms with Crippen LogP contribution in [0.1, 0.15) is 67.2 Å². The van der Waals surface area contributed by atoms with Crippen molar-refractivity contribution in [3.8, 4) is 0 Å². The molecular weight excluding hydrogens is 352 g/mol. The predicted molar refractivity (Wildman–Crippen MR) is 98.0 cm³/mol. The van der Waals surface area contributed by atoms with E-state index < -0.39 is 40.7 Å². The second-order valence-electron chi connectivity index (χ2n) is 9.62. The van der Waals surface area contributed by atoms with Crippen molar-refractivity contribution in [3.63, 3.8) is 0 Å². The summed E-state index contributed by atoms with van der Waals surface area (Å²) in [5.74, 6) is -2.94. The van der Waals surface area contributed by atoms with Crippen LogP contribution in [-0.2, 0) is 19.1 Å². The monoisotopic (exact) mass is 384 g/mol. The molecule has 2 fully saturated rings. The highest BCUT2D eigenvalue weighted by atomic mass is 16.6. The minimum absolute atomic E-state index is 0.187. The molecule has 0 spiro atoms. The molecule has 0 aromatic heterocycles. The summed E-state index contributed by atoms with van der Waals surface area (Å²) in [6.45, 7) is 10.4. The second-order valence-corrected chi connectivity index (χ2v) is 9.62. The number of ether oxygens (including phenoxy) is 2. The predicted octanol–water partition coefficient (Wildman–Crippen LogP) is 2.29. The Balaban J connectivity index is 2.21. The van der Waals surface area contributed by atoms with Gasteiger partial charge in [-0.25, -0.2) is 14.4 Å². The third-order valence-electron chi connectivity index (χ3n) is 5.07. The maximum absolute atomic E-state index is 12.6. The average Bonchev–Trinajstić information content (AvgIpc) is 2.73. The maximum Gasteiger partial charge on any atom is 0.410 e. The molecule has 0 radical (unpaired) electrons. The number of aliphatic carboxylic acids is 1. The number of piperidine rings is 1. The zero-order chi connectivity index (χ0) is 20.8. The van der Waals surface area contributed by atoms with Gasteiger partial charge in [0.05, 0.1) is 0 Å². The van der Waals surface area contributed by atoms with Gasteiger partial charge in [0.25, 0.3) is 0 Å². The van der Waals surface area contributed by atoms with Crippen molar-refractivity contribution < 1.29 is 29.0 Å². The van der Waals surface area contributed by atoms with Crippen LogP contribution in [-0.4, -0.2) is 56.9 Å². The quantitative estimate of drug-likeness (QED) is 0.566. The maximum atomic E-state index is 12.6. The van der Waals surface area contributed by atoms with Crippen molar-refractivity contribution in [2.75, 3.05) is 0 Å². The summed E-state index contributed by atoms with van der Waals surface area (Å²) < 4.78 is 10.8. The average molecular weight is 384 g/mol. The van der Waals surface area contributed by atoms with Crippen molar-refractivity contribution in [1.82, 2.24) is 4.90 Å². The van der Waals surface area contributed by atoms with E-state index in [1.165, 1.54) is 0 Å². The lowest BCUT2D eigenvalue weighted by Crippen LogP contribution is -2.65. The summed E-state index contributed by atoms with van der Waals surface area (Å²) in [6.07, 6.45) is 1.74. The van der Waals surface area contributed by atoms with Gasteiger partial charge in [0.1, 0.15) is 11.2 Å². The summed E-state index contributed by atoms with van der Waals surface area (Å²) in [6, 6.07) is -0.373. The van der Waals surface area contributed by atoms with Crippen LogP contribution in [0.5, 0.6) is 0 Å². The molecule has 0 saturated carbocycles. The number of carboxylic acid groups (broad SMARTS) is 1. The van der Waals surface area contributed by atoms with Crippen LogP contribution in [0.25, 0.3) is 0 Å². The molecule has 3 N–H and O–H groups in total. The smallest absolute Gasteiger partial charge is 0.410 e. The Morgan fingerprint density at radius 3 is 1.74 bits per heavy atom. The molecule has 2 bridgehead atoms. The van der Waals surface area contributed by atoms with E-state index in [-0.39, 0.29) is 12.1 Å². The third kappa shape index (κ3) is 4.54. The topological polar surface area (TPSA) is 119 Å². The Hall–Kier alpha value is -1.83. The number of amides is 1. The van der Waals surface area contributed by atoms with Crippen molar-refractivity contribution in [2.24, 2.45) is 11.7 Å². The van der Waals surface area contributed by atoms with Gasteiger partial charge in [0.15, 0.2) is 0 Å². The highest BCUT2D eigenvalue weighted by Crippen LogP contribution is 2.43. The molecule has 154 valence electrons. The number of nitrogens with two attached hydrogens (primary N) is 1. The number of carbonyl (C=O) groups is 3. The molecule has 2 unspecified atom stereocenters. The molecule has 27 heavy (non-hydrogen) atoms. The number of hydrogen-bond acceptors (Lipinski definition) is 6. The van der Waals surface area contributed by atoms with Gasteiger partial charge in [-0.15, -0.1) is 0 Å². The summed E-state index contributed by atoms with van der Waals surface area (Å²) in [4.78, 5) is 38.8. The first-order valence-corrected chi connectivity index (χ1v) is 9.42. The molecule has 8 nitrogen and oxygen atoms in total. The van der Waals surface area contributed by atoms with E-state index in [1.807, 2.05) is 0 Å². The van der Waals surface area contributed by atoms with E-state index in [0.717, 1.165) is 12.8 Å². The number of rotatable bonds is 3. The van der Waals surface area contributed by atoms with Crippen LogP contribution < -0.4 is 5.73 Å². The summed E-state index contributed by atoms with van der Waals surface area (Å²) in [5, 5.41) is 9.74. The molecule has 2 aliphatic heterocycles. The Morgan fingerprint density at radius 1 is 0.926 bits per heavy atom. The Labute approximate surface area is 160 Å².